The molecule has 1 N–H and O–H groups in total. The van der Waals surface area contributed by atoms with Crippen molar-refractivity contribution in [3.05, 3.63) is 18.5 Å². The predicted octanol–water partition coefficient (Wildman–Crippen LogP) is 1.92. The molecule has 0 aromatic carbocycles. The van der Waals surface area contributed by atoms with E-state index in [1.807, 2.05) is 6.07 Å². The highest BCUT2D eigenvalue weighted by atomic mass is 16.5. The Kier molecular flexibility index (Phi) is 4.17. The molecule has 2 aliphatic heterocycles. The Morgan fingerprint density at radius 3 is 2.80 bits per heavy atom. The summed E-state index contributed by atoms with van der Waals surface area (Å²) in [5, 5.41) is 3.39. The van der Waals surface area contributed by atoms with Gasteiger partial charge < -0.3 is 15.0 Å². The monoisotopic (exact) mass is 276 g/mol. The SMILES string of the molecule is CCCN1CCC2(CC1)CC(Nc1ncccn1)CO2. The number of hydrogen-bond donors (Lipinski definition) is 1. The Morgan fingerprint density at radius 1 is 1.35 bits per heavy atom. The highest BCUT2D eigenvalue weighted by molar-refractivity contribution is 5.25. The summed E-state index contributed by atoms with van der Waals surface area (Å²) in [5.74, 6) is 0.710. The molecule has 1 aromatic rings. The van der Waals surface area contributed by atoms with Crippen LogP contribution in [0.4, 0.5) is 5.95 Å². The molecule has 1 aromatic heterocycles. The number of aromatic nitrogens is 2. The van der Waals surface area contributed by atoms with Gasteiger partial charge >= 0.3 is 0 Å². The van der Waals surface area contributed by atoms with E-state index in [2.05, 4.69) is 27.1 Å². The average Bonchev–Trinajstić information content (AvgIpc) is 2.86. The van der Waals surface area contributed by atoms with Gasteiger partial charge in [0.2, 0.25) is 5.95 Å². The van der Waals surface area contributed by atoms with Crippen molar-refractivity contribution < 1.29 is 4.74 Å². The van der Waals surface area contributed by atoms with Crippen LogP contribution in [-0.2, 0) is 4.74 Å². The minimum atomic E-state index is 0.0939. The van der Waals surface area contributed by atoms with Crippen LogP contribution in [0.3, 0.4) is 0 Å². The summed E-state index contributed by atoms with van der Waals surface area (Å²) in [6.07, 6.45) is 8.16. The Balaban J connectivity index is 1.52. The van der Waals surface area contributed by atoms with E-state index >= 15 is 0 Å². The fraction of sp³-hybridized carbons (Fsp3) is 0.733. The van der Waals surface area contributed by atoms with Crippen LogP contribution in [0.1, 0.15) is 32.6 Å². The van der Waals surface area contributed by atoms with Gasteiger partial charge in [0.25, 0.3) is 0 Å². The number of hydrogen-bond acceptors (Lipinski definition) is 5. The largest absolute Gasteiger partial charge is 0.373 e. The molecule has 0 saturated carbocycles. The zero-order valence-electron chi connectivity index (χ0n) is 12.2. The van der Waals surface area contributed by atoms with Crippen molar-refractivity contribution in [2.24, 2.45) is 0 Å². The van der Waals surface area contributed by atoms with Crippen molar-refractivity contribution in [2.75, 3.05) is 31.6 Å². The van der Waals surface area contributed by atoms with Gasteiger partial charge in [-0.2, -0.15) is 0 Å². The summed E-state index contributed by atoms with van der Waals surface area (Å²) in [6, 6.07) is 2.18. The van der Waals surface area contributed by atoms with E-state index in [0.29, 0.717) is 12.0 Å². The molecule has 5 heteroatoms. The number of likely N-dealkylation sites (tertiary alicyclic amines) is 1. The van der Waals surface area contributed by atoms with Gasteiger partial charge in [0, 0.05) is 25.5 Å². The molecular weight excluding hydrogens is 252 g/mol. The van der Waals surface area contributed by atoms with Gasteiger partial charge in [-0.25, -0.2) is 9.97 Å². The number of piperidine rings is 1. The van der Waals surface area contributed by atoms with E-state index in [0.717, 1.165) is 25.9 Å². The molecule has 1 unspecified atom stereocenters. The summed E-state index contributed by atoms with van der Waals surface area (Å²) in [5.41, 5.74) is 0.0939. The number of nitrogens with one attached hydrogen (secondary N) is 1. The number of rotatable bonds is 4. The van der Waals surface area contributed by atoms with Crippen molar-refractivity contribution in [3.63, 3.8) is 0 Å². The van der Waals surface area contributed by atoms with Gasteiger partial charge in [0.15, 0.2) is 0 Å². The fourth-order valence-electron chi connectivity index (χ4n) is 3.34. The standard InChI is InChI=1S/C15H24N4O/c1-2-8-19-9-4-15(5-10-19)11-13(12-20-15)18-14-16-6-3-7-17-14/h3,6-7,13H,2,4-5,8-12H2,1H3,(H,16,17,18). The third-order valence-corrected chi connectivity index (χ3v) is 4.42. The highest BCUT2D eigenvalue weighted by Crippen LogP contribution is 2.36. The van der Waals surface area contributed by atoms with Crippen molar-refractivity contribution >= 4 is 5.95 Å². The van der Waals surface area contributed by atoms with Gasteiger partial charge in [-0.05, 0) is 38.3 Å². The minimum Gasteiger partial charge on any atom is -0.373 e. The molecule has 0 bridgehead atoms. The summed E-state index contributed by atoms with van der Waals surface area (Å²) >= 11 is 0. The second-order valence-electron chi connectivity index (χ2n) is 5.95. The molecule has 3 rings (SSSR count). The van der Waals surface area contributed by atoms with Gasteiger partial charge in [-0.1, -0.05) is 6.92 Å². The van der Waals surface area contributed by atoms with Gasteiger partial charge in [-0.3, -0.25) is 0 Å². The molecule has 1 spiro atoms. The van der Waals surface area contributed by atoms with Crippen LogP contribution in [0.15, 0.2) is 18.5 Å². The molecule has 5 nitrogen and oxygen atoms in total. The first kappa shape index (κ1) is 13.8. The normalized spacial score (nSPS) is 25.9. The fourth-order valence-corrected chi connectivity index (χ4v) is 3.34. The van der Waals surface area contributed by atoms with Crippen molar-refractivity contribution in [3.8, 4) is 0 Å². The van der Waals surface area contributed by atoms with Gasteiger partial charge in [-0.15, -0.1) is 0 Å². The average molecular weight is 276 g/mol. The third kappa shape index (κ3) is 3.10. The molecule has 0 aliphatic carbocycles. The van der Waals surface area contributed by atoms with E-state index in [4.69, 9.17) is 4.74 Å². The maximum absolute atomic E-state index is 6.15. The molecule has 2 saturated heterocycles. The van der Waals surface area contributed by atoms with Crippen molar-refractivity contribution in [2.45, 2.75) is 44.2 Å². The van der Waals surface area contributed by atoms with E-state index < -0.39 is 0 Å². The Labute approximate surface area is 120 Å². The molecule has 2 aliphatic rings. The van der Waals surface area contributed by atoms with Crippen LogP contribution in [-0.4, -0.2) is 52.8 Å². The number of anilines is 1. The zero-order valence-corrected chi connectivity index (χ0v) is 12.2. The first-order chi connectivity index (χ1) is 9.80. The topological polar surface area (TPSA) is 50.3 Å². The first-order valence-electron chi connectivity index (χ1n) is 7.69. The Morgan fingerprint density at radius 2 is 2.10 bits per heavy atom. The lowest BCUT2D eigenvalue weighted by molar-refractivity contribution is -0.0432. The number of ether oxygens (including phenoxy) is 1. The molecular formula is C15H24N4O. The molecule has 20 heavy (non-hydrogen) atoms. The van der Waals surface area contributed by atoms with Crippen LogP contribution < -0.4 is 5.32 Å². The molecule has 0 radical (unpaired) electrons. The molecule has 0 amide bonds. The van der Waals surface area contributed by atoms with E-state index in [-0.39, 0.29) is 5.60 Å². The van der Waals surface area contributed by atoms with Gasteiger partial charge in [0.05, 0.1) is 18.2 Å². The van der Waals surface area contributed by atoms with Crippen LogP contribution in [0.5, 0.6) is 0 Å². The lowest BCUT2D eigenvalue weighted by Gasteiger charge is -2.38. The molecule has 2 fully saturated rings. The second kappa shape index (κ2) is 6.06. The van der Waals surface area contributed by atoms with Crippen LogP contribution in [0, 0.1) is 0 Å². The quantitative estimate of drug-likeness (QED) is 0.910. The maximum atomic E-state index is 6.15. The zero-order chi connectivity index (χ0) is 13.8. The highest BCUT2D eigenvalue weighted by Gasteiger charge is 2.42. The molecule has 1 atom stereocenters. The maximum Gasteiger partial charge on any atom is 0.222 e. The van der Waals surface area contributed by atoms with Crippen molar-refractivity contribution in [1.82, 2.24) is 14.9 Å². The Hall–Kier alpha value is -1.20. The lowest BCUT2D eigenvalue weighted by Crippen LogP contribution is -2.44. The summed E-state index contributed by atoms with van der Waals surface area (Å²) in [6.45, 7) is 6.57. The number of nitrogens with zero attached hydrogens (tertiary/aromatic N) is 3. The van der Waals surface area contributed by atoms with Crippen LogP contribution >= 0.6 is 0 Å². The van der Waals surface area contributed by atoms with Crippen molar-refractivity contribution in [1.29, 1.82) is 0 Å². The summed E-state index contributed by atoms with van der Waals surface area (Å²) in [4.78, 5) is 11.0. The third-order valence-electron chi connectivity index (χ3n) is 4.42. The molecule has 3 heterocycles. The smallest absolute Gasteiger partial charge is 0.222 e. The van der Waals surface area contributed by atoms with E-state index in [1.54, 1.807) is 12.4 Å². The van der Waals surface area contributed by atoms with Gasteiger partial charge in [0.1, 0.15) is 0 Å². The lowest BCUT2D eigenvalue weighted by atomic mass is 9.87. The summed E-state index contributed by atoms with van der Waals surface area (Å²) in [7, 11) is 0. The van der Waals surface area contributed by atoms with Crippen LogP contribution in [0.25, 0.3) is 0 Å². The van der Waals surface area contributed by atoms with Crippen LogP contribution in [0.2, 0.25) is 0 Å². The predicted molar refractivity (Wildman–Crippen MR) is 78.7 cm³/mol. The first-order valence-corrected chi connectivity index (χ1v) is 7.69. The van der Waals surface area contributed by atoms with E-state index in [9.17, 15) is 0 Å². The Bertz CT molecular complexity index is 417. The minimum absolute atomic E-state index is 0.0939. The molecule has 110 valence electrons. The van der Waals surface area contributed by atoms with E-state index in [1.165, 1.54) is 26.1 Å². The summed E-state index contributed by atoms with van der Waals surface area (Å²) < 4.78 is 6.15. The second-order valence-corrected chi connectivity index (χ2v) is 5.95.